The van der Waals surface area contributed by atoms with Gasteiger partial charge < -0.3 is 20.1 Å². The van der Waals surface area contributed by atoms with E-state index >= 15 is 0 Å². The average Bonchev–Trinajstić information content (AvgIpc) is 2.39. The van der Waals surface area contributed by atoms with Crippen LogP contribution >= 0.6 is 23.2 Å². The lowest BCUT2D eigenvalue weighted by Gasteiger charge is -2.17. The monoisotopic (exact) mass is 307 g/mol. The molecule has 0 spiro atoms. The molecule has 0 saturated heterocycles. The van der Waals surface area contributed by atoms with Crippen molar-refractivity contribution in [3.8, 4) is 0 Å². The molecule has 1 heterocycles. The van der Waals surface area contributed by atoms with Gasteiger partial charge in [-0.1, -0.05) is 23.2 Å². The van der Waals surface area contributed by atoms with Gasteiger partial charge in [0.1, 0.15) is 11.6 Å². The molecular formula is C12H19Cl2N3O2. The van der Waals surface area contributed by atoms with Crippen molar-refractivity contribution in [2.45, 2.75) is 13.0 Å². The Balaban J connectivity index is 2.74. The predicted octanol–water partition coefficient (Wildman–Crippen LogP) is 2.89. The standard InChI is InChI=1S/C12H19Cl2N3O2/c1-4-15-11-9(13)5-10(14)12(17-11)16-6-8(19-3)7-18-2/h5,8H,4,6-7H2,1-3H3,(H2,15,16,17). The second kappa shape index (κ2) is 8.43. The number of aromatic nitrogens is 1. The molecule has 0 saturated carbocycles. The van der Waals surface area contributed by atoms with Gasteiger partial charge in [-0.25, -0.2) is 4.98 Å². The Morgan fingerprint density at radius 1 is 1.21 bits per heavy atom. The summed E-state index contributed by atoms with van der Waals surface area (Å²) in [6, 6.07) is 1.66. The third kappa shape index (κ3) is 5.03. The Bertz CT molecular complexity index is 405. The predicted molar refractivity (Wildman–Crippen MR) is 79.6 cm³/mol. The van der Waals surface area contributed by atoms with Gasteiger partial charge >= 0.3 is 0 Å². The molecule has 0 fully saturated rings. The van der Waals surface area contributed by atoms with Crippen LogP contribution in [0.15, 0.2) is 6.07 Å². The average molecular weight is 308 g/mol. The van der Waals surface area contributed by atoms with Crippen molar-refractivity contribution in [1.29, 1.82) is 0 Å². The van der Waals surface area contributed by atoms with E-state index in [0.717, 1.165) is 6.54 Å². The first kappa shape index (κ1) is 16.3. The van der Waals surface area contributed by atoms with Gasteiger partial charge in [-0.3, -0.25) is 0 Å². The molecule has 0 aromatic carbocycles. The second-order valence-electron chi connectivity index (χ2n) is 3.87. The summed E-state index contributed by atoms with van der Waals surface area (Å²) in [6.45, 7) is 3.75. The number of ether oxygens (including phenoxy) is 2. The molecule has 7 heteroatoms. The minimum Gasteiger partial charge on any atom is -0.382 e. The van der Waals surface area contributed by atoms with Gasteiger partial charge in [0.2, 0.25) is 0 Å². The van der Waals surface area contributed by atoms with E-state index in [4.69, 9.17) is 32.7 Å². The minimum absolute atomic E-state index is 0.0684. The van der Waals surface area contributed by atoms with Crippen molar-refractivity contribution in [2.24, 2.45) is 0 Å². The maximum Gasteiger partial charge on any atom is 0.147 e. The summed E-state index contributed by atoms with van der Waals surface area (Å²) in [4.78, 5) is 4.35. The molecule has 1 rings (SSSR count). The highest BCUT2D eigenvalue weighted by molar-refractivity contribution is 6.37. The molecule has 0 aliphatic carbocycles. The Kier molecular flexibility index (Phi) is 7.23. The molecule has 0 bridgehead atoms. The summed E-state index contributed by atoms with van der Waals surface area (Å²) in [6.07, 6.45) is -0.0684. The number of anilines is 2. The van der Waals surface area contributed by atoms with Crippen molar-refractivity contribution in [2.75, 3.05) is 44.5 Å². The van der Waals surface area contributed by atoms with Crippen LogP contribution in [0.4, 0.5) is 11.6 Å². The zero-order chi connectivity index (χ0) is 14.3. The molecule has 19 heavy (non-hydrogen) atoms. The Morgan fingerprint density at radius 2 is 1.84 bits per heavy atom. The van der Waals surface area contributed by atoms with Crippen LogP contribution in [0.1, 0.15) is 6.92 Å². The van der Waals surface area contributed by atoms with Crippen LogP contribution < -0.4 is 10.6 Å². The fraction of sp³-hybridized carbons (Fsp3) is 0.583. The van der Waals surface area contributed by atoms with Crippen LogP contribution in [0, 0.1) is 0 Å². The highest BCUT2D eigenvalue weighted by Gasteiger charge is 2.11. The van der Waals surface area contributed by atoms with E-state index in [1.54, 1.807) is 20.3 Å². The zero-order valence-electron chi connectivity index (χ0n) is 11.3. The number of nitrogens with zero attached hydrogens (tertiary/aromatic N) is 1. The number of hydrogen-bond acceptors (Lipinski definition) is 5. The van der Waals surface area contributed by atoms with Crippen molar-refractivity contribution in [1.82, 2.24) is 4.98 Å². The van der Waals surface area contributed by atoms with Gasteiger partial charge in [-0.15, -0.1) is 0 Å². The van der Waals surface area contributed by atoms with Crippen molar-refractivity contribution >= 4 is 34.8 Å². The van der Waals surface area contributed by atoms with Gasteiger partial charge in [0, 0.05) is 27.3 Å². The van der Waals surface area contributed by atoms with Crippen LogP contribution in [0.3, 0.4) is 0 Å². The zero-order valence-corrected chi connectivity index (χ0v) is 12.8. The maximum atomic E-state index is 6.10. The molecule has 5 nitrogen and oxygen atoms in total. The van der Waals surface area contributed by atoms with Crippen LogP contribution in [0.25, 0.3) is 0 Å². The molecular weight excluding hydrogens is 289 g/mol. The normalized spacial score (nSPS) is 12.3. The van der Waals surface area contributed by atoms with E-state index in [9.17, 15) is 0 Å². The summed E-state index contributed by atoms with van der Waals surface area (Å²) in [5, 5.41) is 7.17. The minimum atomic E-state index is -0.0684. The van der Waals surface area contributed by atoms with Crippen LogP contribution in [0.2, 0.25) is 10.0 Å². The topological polar surface area (TPSA) is 55.4 Å². The van der Waals surface area contributed by atoms with E-state index in [2.05, 4.69) is 15.6 Å². The van der Waals surface area contributed by atoms with Crippen molar-refractivity contribution < 1.29 is 9.47 Å². The number of rotatable bonds is 8. The molecule has 0 radical (unpaired) electrons. The van der Waals surface area contributed by atoms with E-state index in [0.29, 0.717) is 34.8 Å². The summed E-state index contributed by atoms with van der Waals surface area (Å²) in [5.74, 6) is 1.18. The number of nitrogens with one attached hydrogen (secondary N) is 2. The highest BCUT2D eigenvalue weighted by atomic mass is 35.5. The van der Waals surface area contributed by atoms with Gasteiger partial charge in [-0.2, -0.15) is 0 Å². The van der Waals surface area contributed by atoms with Crippen LogP contribution in [0.5, 0.6) is 0 Å². The fourth-order valence-electron chi connectivity index (χ4n) is 1.49. The van der Waals surface area contributed by atoms with Crippen molar-refractivity contribution in [3.05, 3.63) is 16.1 Å². The van der Waals surface area contributed by atoms with E-state index < -0.39 is 0 Å². The summed E-state index contributed by atoms with van der Waals surface area (Å²) < 4.78 is 10.3. The smallest absolute Gasteiger partial charge is 0.147 e. The van der Waals surface area contributed by atoms with E-state index in [1.165, 1.54) is 0 Å². The summed E-state index contributed by atoms with van der Waals surface area (Å²) >= 11 is 12.1. The quantitative estimate of drug-likeness (QED) is 0.773. The van der Waals surface area contributed by atoms with E-state index in [1.807, 2.05) is 6.92 Å². The van der Waals surface area contributed by atoms with Gasteiger partial charge in [-0.05, 0) is 13.0 Å². The van der Waals surface area contributed by atoms with Gasteiger partial charge in [0.25, 0.3) is 0 Å². The number of halogens is 2. The molecule has 0 aliphatic heterocycles. The molecule has 0 aliphatic rings. The van der Waals surface area contributed by atoms with Gasteiger partial charge in [0.15, 0.2) is 0 Å². The molecule has 1 aromatic heterocycles. The summed E-state index contributed by atoms with van der Waals surface area (Å²) in [7, 11) is 3.26. The second-order valence-corrected chi connectivity index (χ2v) is 4.69. The molecule has 0 amide bonds. The largest absolute Gasteiger partial charge is 0.382 e. The number of hydrogen-bond donors (Lipinski definition) is 2. The van der Waals surface area contributed by atoms with E-state index in [-0.39, 0.29) is 6.10 Å². The van der Waals surface area contributed by atoms with Crippen LogP contribution in [-0.4, -0.2) is 45.0 Å². The molecule has 1 atom stereocenters. The molecule has 1 aromatic rings. The van der Waals surface area contributed by atoms with Crippen molar-refractivity contribution in [3.63, 3.8) is 0 Å². The van der Waals surface area contributed by atoms with Crippen LogP contribution in [-0.2, 0) is 9.47 Å². The third-order valence-electron chi connectivity index (χ3n) is 2.46. The lowest BCUT2D eigenvalue weighted by atomic mass is 10.3. The summed E-state index contributed by atoms with van der Waals surface area (Å²) in [5.41, 5.74) is 0. The fourth-order valence-corrected chi connectivity index (χ4v) is 1.98. The molecule has 1 unspecified atom stereocenters. The molecule has 2 N–H and O–H groups in total. The Morgan fingerprint density at radius 3 is 2.37 bits per heavy atom. The SMILES string of the molecule is CCNc1nc(NCC(COC)OC)c(Cl)cc1Cl. The first-order valence-electron chi connectivity index (χ1n) is 5.97. The third-order valence-corrected chi connectivity index (χ3v) is 3.03. The highest BCUT2D eigenvalue weighted by Crippen LogP contribution is 2.29. The lowest BCUT2D eigenvalue weighted by Crippen LogP contribution is -2.27. The first-order valence-corrected chi connectivity index (χ1v) is 6.73. The first-order chi connectivity index (χ1) is 9.12. The van der Waals surface area contributed by atoms with Gasteiger partial charge in [0.05, 0.1) is 22.8 Å². The Hall–Kier alpha value is -0.750. The number of pyridine rings is 1. The maximum absolute atomic E-state index is 6.10. The number of methoxy groups -OCH3 is 2. The Labute approximate surface area is 123 Å². The molecule has 108 valence electrons. The lowest BCUT2D eigenvalue weighted by molar-refractivity contribution is 0.0365.